The Hall–Kier alpha value is -4.08. The van der Waals surface area contributed by atoms with E-state index in [0.29, 0.717) is 41.2 Å². The van der Waals surface area contributed by atoms with Gasteiger partial charge in [0.25, 0.3) is 11.5 Å². The van der Waals surface area contributed by atoms with Gasteiger partial charge >= 0.3 is 0 Å². The maximum absolute atomic E-state index is 14.5. The van der Waals surface area contributed by atoms with E-state index < -0.39 is 11.7 Å². The lowest BCUT2D eigenvalue weighted by Gasteiger charge is -2.28. The van der Waals surface area contributed by atoms with Crippen LogP contribution in [0.2, 0.25) is 0 Å². The molecule has 1 aliphatic rings. The average Bonchev–Trinajstić information content (AvgIpc) is 3.17. The van der Waals surface area contributed by atoms with E-state index in [9.17, 15) is 14.0 Å². The molecular weight excluding hydrogens is 401 g/mol. The number of H-pyrrole nitrogens is 1. The predicted molar refractivity (Wildman–Crippen MR) is 112 cm³/mol. The molecule has 0 fully saturated rings. The summed E-state index contributed by atoms with van der Waals surface area (Å²) in [5.41, 5.74) is 0.123. The van der Waals surface area contributed by atoms with Crippen molar-refractivity contribution in [3.63, 3.8) is 0 Å². The second-order valence-electron chi connectivity index (χ2n) is 7.31. The van der Waals surface area contributed by atoms with Crippen molar-refractivity contribution >= 4 is 28.2 Å². The van der Waals surface area contributed by atoms with Gasteiger partial charge in [0.2, 0.25) is 0 Å². The van der Waals surface area contributed by atoms with Gasteiger partial charge in [0.1, 0.15) is 11.6 Å². The Morgan fingerprint density at radius 3 is 2.77 bits per heavy atom. The molecule has 5 rings (SSSR count). The molecule has 1 amide bonds. The largest absolute Gasteiger partial charge is 0.338 e. The number of carbonyl (C=O) groups excluding carboxylic acids is 1. The van der Waals surface area contributed by atoms with Crippen LogP contribution in [-0.2, 0) is 13.1 Å². The zero-order valence-electron chi connectivity index (χ0n) is 16.6. The van der Waals surface area contributed by atoms with Crippen LogP contribution in [0.3, 0.4) is 0 Å². The first kappa shape index (κ1) is 18.9. The fourth-order valence-corrected chi connectivity index (χ4v) is 3.76. The number of anilines is 2. The van der Waals surface area contributed by atoms with Crippen molar-refractivity contribution in [3.8, 4) is 0 Å². The van der Waals surface area contributed by atoms with E-state index in [1.54, 1.807) is 29.2 Å². The van der Waals surface area contributed by atoms with Crippen LogP contribution in [0.25, 0.3) is 10.8 Å². The molecule has 0 spiro atoms. The van der Waals surface area contributed by atoms with E-state index in [1.807, 2.05) is 11.5 Å². The highest BCUT2D eigenvalue weighted by Gasteiger charge is 2.26. The van der Waals surface area contributed by atoms with Crippen molar-refractivity contribution < 1.29 is 9.18 Å². The van der Waals surface area contributed by atoms with E-state index >= 15 is 0 Å². The number of carbonyl (C=O) groups is 1. The predicted octanol–water partition coefficient (Wildman–Crippen LogP) is 2.36. The van der Waals surface area contributed by atoms with Crippen molar-refractivity contribution in [2.75, 3.05) is 11.9 Å². The summed E-state index contributed by atoms with van der Waals surface area (Å²) in [4.78, 5) is 26.6. The zero-order chi connectivity index (χ0) is 21.5. The molecule has 9 nitrogen and oxygen atoms in total. The highest BCUT2D eigenvalue weighted by atomic mass is 19.1. The Morgan fingerprint density at radius 1 is 1.13 bits per heavy atom. The third kappa shape index (κ3) is 3.31. The van der Waals surface area contributed by atoms with E-state index in [0.717, 1.165) is 5.82 Å². The van der Waals surface area contributed by atoms with Crippen LogP contribution in [0.1, 0.15) is 22.0 Å². The maximum Gasteiger partial charge on any atom is 0.272 e. The Morgan fingerprint density at radius 2 is 1.94 bits per heavy atom. The fraction of sp³-hybridized carbons (Fsp3) is 0.190. The number of halogens is 1. The van der Waals surface area contributed by atoms with Crippen LogP contribution in [0.15, 0.2) is 47.3 Å². The summed E-state index contributed by atoms with van der Waals surface area (Å²) in [6, 6.07) is 11.2. The van der Waals surface area contributed by atoms with E-state index in [4.69, 9.17) is 0 Å². The van der Waals surface area contributed by atoms with Crippen molar-refractivity contribution in [3.05, 3.63) is 75.8 Å². The van der Waals surface area contributed by atoms with Crippen LogP contribution < -0.4 is 10.9 Å². The summed E-state index contributed by atoms with van der Waals surface area (Å²) in [6.45, 7) is 3.13. The molecule has 0 saturated carbocycles. The molecule has 0 saturated heterocycles. The third-order valence-electron chi connectivity index (χ3n) is 5.38. The number of nitrogens with zero attached hydrogens (tertiary/aromatic N) is 5. The molecule has 1 aliphatic heterocycles. The number of hydrogen-bond acceptors (Lipinski definition) is 6. The van der Waals surface area contributed by atoms with Gasteiger partial charge in [-0.2, -0.15) is 5.10 Å². The zero-order valence-corrected chi connectivity index (χ0v) is 16.6. The molecule has 0 radical (unpaired) electrons. The first-order valence-corrected chi connectivity index (χ1v) is 9.73. The van der Waals surface area contributed by atoms with Crippen LogP contribution in [0.5, 0.6) is 0 Å². The normalized spacial score (nSPS) is 13.3. The van der Waals surface area contributed by atoms with Crippen molar-refractivity contribution in [2.45, 2.75) is 20.0 Å². The topological polar surface area (TPSA) is 109 Å². The third-order valence-corrected chi connectivity index (χ3v) is 5.38. The minimum absolute atomic E-state index is 0.0524. The van der Waals surface area contributed by atoms with E-state index in [2.05, 4.69) is 25.7 Å². The molecule has 10 heteroatoms. The fourth-order valence-electron chi connectivity index (χ4n) is 3.76. The molecule has 0 atom stereocenters. The molecule has 3 heterocycles. The minimum atomic E-state index is -0.613. The first-order valence-electron chi connectivity index (χ1n) is 9.73. The number of hydrogen-bond donors (Lipinski definition) is 2. The van der Waals surface area contributed by atoms with Gasteiger partial charge in [0.15, 0.2) is 11.6 Å². The van der Waals surface area contributed by atoms with Gasteiger partial charge in [0, 0.05) is 24.2 Å². The summed E-state index contributed by atoms with van der Waals surface area (Å²) in [6.07, 6.45) is 0. The molecule has 0 unspecified atom stereocenters. The molecule has 0 bridgehead atoms. The van der Waals surface area contributed by atoms with Crippen LogP contribution >= 0.6 is 0 Å². The van der Waals surface area contributed by atoms with Gasteiger partial charge < -0.3 is 14.8 Å². The lowest BCUT2D eigenvalue weighted by atomic mass is 10.1. The minimum Gasteiger partial charge on any atom is -0.338 e. The van der Waals surface area contributed by atoms with Gasteiger partial charge in [-0.25, -0.2) is 9.49 Å². The highest BCUT2D eigenvalue weighted by Crippen LogP contribution is 2.24. The van der Waals surface area contributed by atoms with Crippen molar-refractivity contribution in [2.24, 2.45) is 0 Å². The maximum atomic E-state index is 14.5. The molecular formula is C21H18FN7O2. The number of aromatic nitrogens is 5. The van der Waals surface area contributed by atoms with Gasteiger partial charge in [-0.15, -0.1) is 10.2 Å². The van der Waals surface area contributed by atoms with E-state index in [1.165, 1.54) is 18.2 Å². The Bertz CT molecular complexity index is 1380. The van der Waals surface area contributed by atoms with Gasteiger partial charge in [-0.3, -0.25) is 9.59 Å². The summed E-state index contributed by atoms with van der Waals surface area (Å²) in [5.74, 6) is 0.836. The average molecular weight is 419 g/mol. The quantitative estimate of drug-likeness (QED) is 0.528. The number of fused-ring (bicyclic) bond motifs is 2. The number of benzene rings is 2. The smallest absolute Gasteiger partial charge is 0.272 e. The Labute approximate surface area is 175 Å². The molecule has 0 aliphatic carbocycles. The number of amides is 1. The lowest BCUT2D eigenvalue weighted by molar-refractivity contribution is 0.0702. The van der Waals surface area contributed by atoms with Gasteiger partial charge in [-0.05, 0) is 31.2 Å². The standard InChI is InChI=1S/C21H18FN7O2/c1-12-24-25-18-11-28(8-9-29(12)18)21(31)16-10-13(6-7-17(16)22)23-19-14-4-2-3-5-15(14)20(30)27-26-19/h2-7,10H,8-9,11H2,1H3,(H,23,26)(H,27,30). The Balaban J connectivity index is 1.44. The summed E-state index contributed by atoms with van der Waals surface area (Å²) < 4.78 is 16.5. The summed E-state index contributed by atoms with van der Waals surface area (Å²) in [5, 5.41) is 18.8. The highest BCUT2D eigenvalue weighted by molar-refractivity contribution is 5.96. The van der Waals surface area contributed by atoms with Gasteiger partial charge in [0.05, 0.1) is 17.5 Å². The van der Waals surface area contributed by atoms with Crippen LogP contribution in [-0.4, -0.2) is 42.3 Å². The SMILES string of the molecule is Cc1nnc2n1CCN(C(=O)c1cc(Nc3n[nH]c(=O)c4ccccc34)ccc1F)C2. The van der Waals surface area contributed by atoms with Crippen LogP contribution in [0.4, 0.5) is 15.9 Å². The molecule has 31 heavy (non-hydrogen) atoms. The number of rotatable bonds is 3. The van der Waals surface area contributed by atoms with Crippen molar-refractivity contribution in [1.29, 1.82) is 0 Å². The monoisotopic (exact) mass is 419 g/mol. The lowest BCUT2D eigenvalue weighted by Crippen LogP contribution is -2.39. The number of aryl methyl sites for hydroxylation is 1. The Kier molecular flexibility index (Phi) is 4.46. The molecule has 156 valence electrons. The summed E-state index contributed by atoms with van der Waals surface area (Å²) >= 11 is 0. The second-order valence-corrected chi connectivity index (χ2v) is 7.31. The first-order chi connectivity index (χ1) is 15.0. The molecule has 4 aromatic rings. The number of nitrogens with one attached hydrogen (secondary N) is 2. The van der Waals surface area contributed by atoms with Crippen molar-refractivity contribution in [1.82, 2.24) is 29.9 Å². The molecule has 2 aromatic carbocycles. The molecule has 2 N–H and O–H groups in total. The molecule has 2 aromatic heterocycles. The summed E-state index contributed by atoms with van der Waals surface area (Å²) in [7, 11) is 0. The second kappa shape index (κ2) is 7.31. The van der Waals surface area contributed by atoms with Crippen LogP contribution in [0, 0.1) is 12.7 Å². The van der Waals surface area contributed by atoms with E-state index in [-0.39, 0.29) is 17.7 Å². The number of aromatic amines is 1. The van der Waals surface area contributed by atoms with Gasteiger partial charge in [-0.1, -0.05) is 18.2 Å².